The lowest BCUT2D eigenvalue weighted by Crippen LogP contribution is -2.09. The van der Waals surface area contributed by atoms with Gasteiger partial charge in [0.15, 0.2) is 0 Å². The standard InChI is InChI=1S/C5H12O4S/c1-2-10(7,8)9-5-3-4-6/h6H,2-5H2,1H3. The van der Waals surface area contributed by atoms with Crippen molar-refractivity contribution in [2.75, 3.05) is 19.0 Å². The molecule has 0 saturated heterocycles. The maximum Gasteiger partial charge on any atom is 0.267 e. The summed E-state index contributed by atoms with van der Waals surface area (Å²) in [5, 5.41) is 8.26. The molecule has 0 rings (SSSR count). The highest BCUT2D eigenvalue weighted by atomic mass is 32.2. The quantitative estimate of drug-likeness (QED) is 0.453. The van der Waals surface area contributed by atoms with Gasteiger partial charge >= 0.3 is 0 Å². The fourth-order valence-electron chi connectivity index (χ4n) is 0.334. The minimum atomic E-state index is -3.30. The van der Waals surface area contributed by atoms with Crippen LogP contribution in [-0.4, -0.2) is 32.5 Å². The van der Waals surface area contributed by atoms with Gasteiger partial charge in [-0.05, 0) is 13.3 Å². The fraction of sp³-hybridized carbons (Fsp3) is 1.00. The zero-order chi connectivity index (χ0) is 8.04. The second kappa shape index (κ2) is 4.65. The average molecular weight is 168 g/mol. The largest absolute Gasteiger partial charge is 0.396 e. The van der Waals surface area contributed by atoms with Gasteiger partial charge < -0.3 is 5.11 Å². The minimum absolute atomic E-state index is 0.0154. The van der Waals surface area contributed by atoms with Crippen LogP contribution in [0.4, 0.5) is 0 Å². The first kappa shape index (κ1) is 9.87. The third-order valence-electron chi connectivity index (χ3n) is 0.919. The molecule has 0 heterocycles. The summed E-state index contributed by atoms with van der Waals surface area (Å²) in [7, 11) is -3.30. The molecule has 0 radical (unpaired) electrons. The fourth-order valence-corrected chi connectivity index (χ4v) is 0.872. The number of rotatable bonds is 5. The Morgan fingerprint density at radius 1 is 1.50 bits per heavy atom. The van der Waals surface area contributed by atoms with E-state index in [0.717, 1.165) is 0 Å². The van der Waals surface area contributed by atoms with Crippen LogP contribution in [-0.2, 0) is 14.3 Å². The minimum Gasteiger partial charge on any atom is -0.396 e. The molecule has 0 aromatic heterocycles. The summed E-state index contributed by atoms with van der Waals surface area (Å²) >= 11 is 0. The average Bonchev–Trinajstić information content (AvgIpc) is 1.89. The predicted octanol–water partition coefficient (Wildman–Crippen LogP) is -0.265. The van der Waals surface area contributed by atoms with Crippen LogP contribution in [0.5, 0.6) is 0 Å². The Kier molecular flexibility index (Phi) is 4.59. The van der Waals surface area contributed by atoms with Crippen LogP contribution in [0.2, 0.25) is 0 Å². The Labute approximate surface area is 60.9 Å². The highest BCUT2D eigenvalue weighted by Crippen LogP contribution is 1.92. The molecule has 0 aliphatic heterocycles. The van der Waals surface area contributed by atoms with Crippen molar-refractivity contribution < 1.29 is 17.7 Å². The van der Waals surface area contributed by atoms with Crippen molar-refractivity contribution in [2.45, 2.75) is 13.3 Å². The van der Waals surface area contributed by atoms with Crippen molar-refractivity contribution >= 4 is 10.1 Å². The second-order valence-electron chi connectivity index (χ2n) is 1.75. The number of aliphatic hydroxyl groups excluding tert-OH is 1. The molecule has 0 amide bonds. The summed E-state index contributed by atoms with van der Waals surface area (Å²) in [5.41, 5.74) is 0. The number of aliphatic hydroxyl groups is 1. The van der Waals surface area contributed by atoms with Crippen LogP contribution in [0, 0.1) is 0 Å². The van der Waals surface area contributed by atoms with Crippen LogP contribution in [0.3, 0.4) is 0 Å². The van der Waals surface area contributed by atoms with Crippen molar-refractivity contribution in [1.29, 1.82) is 0 Å². The van der Waals surface area contributed by atoms with Gasteiger partial charge in [0.25, 0.3) is 10.1 Å². The highest BCUT2D eigenvalue weighted by Gasteiger charge is 2.05. The predicted molar refractivity (Wildman–Crippen MR) is 37.1 cm³/mol. The van der Waals surface area contributed by atoms with E-state index in [1.807, 2.05) is 0 Å². The van der Waals surface area contributed by atoms with E-state index in [9.17, 15) is 8.42 Å². The van der Waals surface area contributed by atoms with E-state index in [1.165, 1.54) is 6.92 Å². The SMILES string of the molecule is CCS(=O)(=O)OCCCO. The molecular weight excluding hydrogens is 156 g/mol. The molecule has 0 saturated carbocycles. The zero-order valence-electron chi connectivity index (χ0n) is 5.91. The molecule has 0 unspecified atom stereocenters. The molecule has 0 aliphatic rings. The van der Waals surface area contributed by atoms with Crippen LogP contribution in [0.25, 0.3) is 0 Å². The van der Waals surface area contributed by atoms with Crippen molar-refractivity contribution in [3.8, 4) is 0 Å². The summed E-state index contributed by atoms with van der Waals surface area (Å²) in [6.45, 7) is 1.54. The van der Waals surface area contributed by atoms with Gasteiger partial charge in [0.2, 0.25) is 0 Å². The smallest absolute Gasteiger partial charge is 0.267 e. The van der Waals surface area contributed by atoms with Gasteiger partial charge in [0.1, 0.15) is 0 Å². The van der Waals surface area contributed by atoms with E-state index in [1.54, 1.807) is 0 Å². The van der Waals surface area contributed by atoms with Gasteiger partial charge in [-0.2, -0.15) is 8.42 Å². The first-order valence-electron chi connectivity index (χ1n) is 3.10. The molecule has 5 heteroatoms. The summed E-state index contributed by atoms with van der Waals surface area (Å²) in [6.07, 6.45) is 0.360. The third kappa shape index (κ3) is 4.72. The summed E-state index contributed by atoms with van der Waals surface area (Å²) in [6, 6.07) is 0. The van der Waals surface area contributed by atoms with E-state index >= 15 is 0 Å². The summed E-state index contributed by atoms with van der Waals surface area (Å²) in [4.78, 5) is 0. The van der Waals surface area contributed by atoms with Crippen LogP contribution >= 0.6 is 0 Å². The van der Waals surface area contributed by atoms with Crippen molar-refractivity contribution in [2.24, 2.45) is 0 Å². The van der Waals surface area contributed by atoms with Gasteiger partial charge in [-0.25, -0.2) is 0 Å². The normalized spacial score (nSPS) is 11.8. The van der Waals surface area contributed by atoms with Crippen molar-refractivity contribution in [3.05, 3.63) is 0 Å². The first-order chi connectivity index (χ1) is 4.62. The van der Waals surface area contributed by atoms with Crippen LogP contribution < -0.4 is 0 Å². The molecule has 0 atom stereocenters. The lowest BCUT2D eigenvalue weighted by molar-refractivity contribution is 0.237. The lowest BCUT2D eigenvalue weighted by Gasteiger charge is -1.99. The maximum absolute atomic E-state index is 10.6. The molecule has 0 aromatic rings. The molecule has 62 valence electrons. The zero-order valence-corrected chi connectivity index (χ0v) is 6.73. The van der Waals surface area contributed by atoms with E-state index < -0.39 is 10.1 Å². The Morgan fingerprint density at radius 2 is 2.10 bits per heavy atom. The molecule has 0 aliphatic carbocycles. The Hall–Kier alpha value is -0.130. The van der Waals surface area contributed by atoms with Gasteiger partial charge in [-0.1, -0.05) is 0 Å². The molecule has 0 bridgehead atoms. The molecule has 0 aromatic carbocycles. The maximum atomic E-state index is 10.6. The van der Waals surface area contributed by atoms with E-state index in [4.69, 9.17) is 5.11 Å². The van der Waals surface area contributed by atoms with Gasteiger partial charge in [-0.15, -0.1) is 0 Å². The number of hydrogen-bond donors (Lipinski definition) is 1. The van der Waals surface area contributed by atoms with Gasteiger partial charge in [-0.3, -0.25) is 4.18 Å². The molecule has 4 nitrogen and oxygen atoms in total. The third-order valence-corrected chi connectivity index (χ3v) is 2.15. The summed E-state index contributed by atoms with van der Waals surface area (Å²) < 4.78 is 25.6. The topological polar surface area (TPSA) is 63.6 Å². The van der Waals surface area contributed by atoms with Crippen molar-refractivity contribution in [3.63, 3.8) is 0 Å². The van der Waals surface area contributed by atoms with Gasteiger partial charge in [0.05, 0.1) is 12.4 Å². The molecule has 10 heavy (non-hydrogen) atoms. The monoisotopic (exact) mass is 168 g/mol. The highest BCUT2D eigenvalue weighted by molar-refractivity contribution is 7.86. The first-order valence-corrected chi connectivity index (χ1v) is 4.68. The molecule has 1 N–H and O–H groups in total. The molecule has 0 spiro atoms. The van der Waals surface area contributed by atoms with Crippen LogP contribution in [0.15, 0.2) is 0 Å². The Balaban J connectivity index is 3.49. The number of hydrogen-bond acceptors (Lipinski definition) is 4. The van der Waals surface area contributed by atoms with E-state index in [-0.39, 0.29) is 19.0 Å². The molecular formula is C5H12O4S. The molecule has 0 fully saturated rings. The Morgan fingerprint density at radius 3 is 2.50 bits per heavy atom. The van der Waals surface area contributed by atoms with E-state index in [0.29, 0.717) is 6.42 Å². The van der Waals surface area contributed by atoms with Gasteiger partial charge in [0, 0.05) is 6.61 Å². The lowest BCUT2D eigenvalue weighted by atomic mass is 10.5. The Bertz CT molecular complexity index is 160. The van der Waals surface area contributed by atoms with Crippen molar-refractivity contribution in [1.82, 2.24) is 0 Å². The second-order valence-corrected chi connectivity index (χ2v) is 3.67. The van der Waals surface area contributed by atoms with Crippen LogP contribution in [0.1, 0.15) is 13.3 Å². The summed E-state index contributed by atoms with van der Waals surface area (Å²) in [5.74, 6) is -0.0154. The van der Waals surface area contributed by atoms with E-state index in [2.05, 4.69) is 4.18 Å².